The number of carbonyl (C=O) groups is 2. The van der Waals surface area contributed by atoms with Gasteiger partial charge in [0.15, 0.2) is 0 Å². The molecule has 16 heavy (non-hydrogen) atoms. The molecule has 0 aliphatic heterocycles. The summed E-state index contributed by atoms with van der Waals surface area (Å²) in [6.07, 6.45) is 0.557. The first-order valence-electron chi connectivity index (χ1n) is 4.50. The molecule has 0 radical (unpaired) electrons. The van der Waals surface area contributed by atoms with Crippen LogP contribution in [0.1, 0.15) is 33.2 Å². The van der Waals surface area contributed by atoms with Gasteiger partial charge in [0.2, 0.25) is 0 Å². The van der Waals surface area contributed by atoms with Gasteiger partial charge in [0, 0.05) is 5.56 Å². The zero-order chi connectivity index (χ0) is 12.1. The monoisotopic (exact) mass is 237 g/mol. The van der Waals surface area contributed by atoms with Crippen molar-refractivity contribution in [2.45, 2.75) is 6.92 Å². The van der Waals surface area contributed by atoms with E-state index < -0.39 is 5.97 Å². The summed E-state index contributed by atoms with van der Waals surface area (Å²) in [7, 11) is 0. The van der Waals surface area contributed by atoms with E-state index in [1.165, 1.54) is 12.1 Å². The molecular formula is C11H8ClNO3. The molecule has 0 saturated carbocycles. The zero-order valence-corrected chi connectivity index (χ0v) is 9.25. The van der Waals surface area contributed by atoms with Gasteiger partial charge in [0.25, 0.3) is 0 Å². The first kappa shape index (κ1) is 12.2. The van der Waals surface area contributed by atoms with Gasteiger partial charge in [-0.1, -0.05) is 11.6 Å². The molecule has 0 aliphatic carbocycles. The van der Waals surface area contributed by atoms with Gasteiger partial charge in [0.05, 0.1) is 22.8 Å². The van der Waals surface area contributed by atoms with Crippen LogP contribution in [-0.4, -0.2) is 18.9 Å². The summed E-state index contributed by atoms with van der Waals surface area (Å²) in [6.45, 7) is 1.84. The van der Waals surface area contributed by atoms with Crippen LogP contribution in [0.3, 0.4) is 0 Å². The average molecular weight is 238 g/mol. The SMILES string of the molecule is CCOC(=O)c1c(Cl)cc(C=O)cc1C#N. The maximum absolute atomic E-state index is 11.5. The maximum atomic E-state index is 11.5. The fourth-order valence-corrected chi connectivity index (χ4v) is 1.50. The van der Waals surface area contributed by atoms with E-state index >= 15 is 0 Å². The van der Waals surface area contributed by atoms with Gasteiger partial charge in [-0.3, -0.25) is 4.79 Å². The molecular weight excluding hydrogens is 230 g/mol. The standard InChI is InChI=1S/C11H8ClNO3/c1-2-16-11(15)10-8(5-13)3-7(6-14)4-9(10)12/h3-4,6H,2H2,1H3. The van der Waals surface area contributed by atoms with Gasteiger partial charge >= 0.3 is 5.97 Å². The van der Waals surface area contributed by atoms with Crippen molar-refractivity contribution in [3.63, 3.8) is 0 Å². The summed E-state index contributed by atoms with van der Waals surface area (Å²) in [5, 5.41) is 8.89. The van der Waals surface area contributed by atoms with Crippen molar-refractivity contribution in [1.82, 2.24) is 0 Å². The number of halogens is 1. The molecule has 0 saturated heterocycles. The molecule has 0 unspecified atom stereocenters. The van der Waals surface area contributed by atoms with Crippen LogP contribution in [-0.2, 0) is 4.74 Å². The number of esters is 1. The molecule has 1 rings (SSSR count). The fourth-order valence-electron chi connectivity index (χ4n) is 1.19. The molecule has 1 aromatic rings. The molecule has 5 heteroatoms. The van der Waals surface area contributed by atoms with Gasteiger partial charge in [-0.15, -0.1) is 0 Å². The number of aldehydes is 1. The number of hydrogen-bond acceptors (Lipinski definition) is 4. The third-order valence-corrected chi connectivity index (χ3v) is 2.15. The highest BCUT2D eigenvalue weighted by Gasteiger charge is 2.17. The summed E-state index contributed by atoms with van der Waals surface area (Å²) in [4.78, 5) is 22.0. The van der Waals surface area contributed by atoms with Crippen LogP contribution < -0.4 is 0 Å². The summed E-state index contributed by atoms with van der Waals surface area (Å²) < 4.78 is 4.76. The van der Waals surface area contributed by atoms with E-state index in [0.717, 1.165) is 0 Å². The predicted octanol–water partition coefficient (Wildman–Crippen LogP) is 2.20. The molecule has 0 aromatic heterocycles. The number of nitriles is 1. The number of nitrogens with zero attached hydrogens (tertiary/aromatic N) is 1. The van der Waals surface area contributed by atoms with E-state index in [-0.39, 0.29) is 28.3 Å². The summed E-state index contributed by atoms with van der Waals surface area (Å²) >= 11 is 5.81. The Balaban J connectivity index is 3.33. The Labute approximate surface area is 97.4 Å². The first-order valence-corrected chi connectivity index (χ1v) is 4.87. The highest BCUT2D eigenvalue weighted by atomic mass is 35.5. The number of benzene rings is 1. The lowest BCUT2D eigenvalue weighted by molar-refractivity contribution is 0.0526. The van der Waals surface area contributed by atoms with E-state index in [1.807, 2.05) is 0 Å². The zero-order valence-electron chi connectivity index (χ0n) is 8.49. The Morgan fingerprint density at radius 3 is 2.81 bits per heavy atom. The fraction of sp³-hybridized carbons (Fsp3) is 0.182. The van der Waals surface area contributed by atoms with E-state index in [4.69, 9.17) is 21.6 Å². The van der Waals surface area contributed by atoms with Crippen LogP contribution in [0.5, 0.6) is 0 Å². The van der Waals surface area contributed by atoms with Crippen molar-refractivity contribution in [3.05, 3.63) is 33.8 Å². The number of carbonyl (C=O) groups excluding carboxylic acids is 2. The smallest absolute Gasteiger partial charge is 0.340 e. The predicted molar refractivity (Wildman–Crippen MR) is 57.5 cm³/mol. The lowest BCUT2D eigenvalue weighted by atomic mass is 10.1. The first-order chi connectivity index (χ1) is 7.63. The maximum Gasteiger partial charge on any atom is 0.340 e. The van der Waals surface area contributed by atoms with Crippen LogP contribution in [0.15, 0.2) is 12.1 Å². The normalized spacial score (nSPS) is 9.31. The van der Waals surface area contributed by atoms with E-state index in [0.29, 0.717) is 6.29 Å². The number of hydrogen-bond donors (Lipinski definition) is 0. The van der Waals surface area contributed by atoms with Gasteiger partial charge in [-0.25, -0.2) is 4.79 Å². The molecule has 0 spiro atoms. The van der Waals surface area contributed by atoms with Crippen LogP contribution >= 0.6 is 11.6 Å². The molecule has 0 atom stereocenters. The molecule has 0 N–H and O–H groups in total. The van der Waals surface area contributed by atoms with Crippen molar-refractivity contribution in [2.75, 3.05) is 6.61 Å². The Bertz CT molecular complexity index is 477. The quantitative estimate of drug-likeness (QED) is 0.597. The Morgan fingerprint density at radius 2 is 2.31 bits per heavy atom. The summed E-state index contributed by atoms with van der Waals surface area (Å²) in [5.74, 6) is -0.665. The van der Waals surface area contributed by atoms with Gasteiger partial charge in [-0.2, -0.15) is 5.26 Å². The topological polar surface area (TPSA) is 67.2 Å². The Morgan fingerprint density at radius 1 is 1.62 bits per heavy atom. The van der Waals surface area contributed by atoms with Crippen LogP contribution in [0.25, 0.3) is 0 Å². The summed E-state index contributed by atoms with van der Waals surface area (Å²) in [6, 6.07) is 4.42. The van der Waals surface area contributed by atoms with Crippen molar-refractivity contribution < 1.29 is 14.3 Å². The lowest BCUT2D eigenvalue weighted by Crippen LogP contribution is -2.08. The minimum Gasteiger partial charge on any atom is -0.462 e. The molecule has 82 valence electrons. The van der Waals surface area contributed by atoms with E-state index in [1.54, 1.807) is 13.0 Å². The van der Waals surface area contributed by atoms with Gasteiger partial charge in [0.1, 0.15) is 12.4 Å². The number of ether oxygens (including phenoxy) is 1. The second-order valence-electron chi connectivity index (χ2n) is 2.88. The van der Waals surface area contributed by atoms with Gasteiger partial charge in [-0.05, 0) is 19.1 Å². The average Bonchev–Trinajstić information content (AvgIpc) is 2.27. The highest BCUT2D eigenvalue weighted by molar-refractivity contribution is 6.34. The van der Waals surface area contributed by atoms with Crippen LogP contribution in [0, 0.1) is 11.3 Å². The van der Waals surface area contributed by atoms with E-state index in [2.05, 4.69) is 0 Å². The van der Waals surface area contributed by atoms with Crippen LogP contribution in [0.4, 0.5) is 0 Å². The molecule has 1 aromatic carbocycles. The van der Waals surface area contributed by atoms with E-state index in [9.17, 15) is 9.59 Å². The third-order valence-electron chi connectivity index (χ3n) is 1.85. The molecule has 0 bridgehead atoms. The second-order valence-corrected chi connectivity index (χ2v) is 3.28. The molecule has 0 fully saturated rings. The second kappa shape index (κ2) is 5.29. The lowest BCUT2D eigenvalue weighted by Gasteiger charge is -2.06. The molecule has 0 amide bonds. The highest BCUT2D eigenvalue weighted by Crippen LogP contribution is 2.22. The third kappa shape index (κ3) is 2.38. The minimum atomic E-state index is -0.665. The number of rotatable bonds is 3. The molecule has 0 heterocycles. The van der Waals surface area contributed by atoms with Crippen molar-refractivity contribution >= 4 is 23.9 Å². The van der Waals surface area contributed by atoms with Crippen molar-refractivity contribution in [2.24, 2.45) is 0 Å². The molecule has 4 nitrogen and oxygen atoms in total. The largest absolute Gasteiger partial charge is 0.462 e. The summed E-state index contributed by atoms with van der Waals surface area (Å²) in [5.41, 5.74) is 0.277. The Kier molecular flexibility index (Phi) is 4.03. The van der Waals surface area contributed by atoms with Crippen LogP contribution in [0.2, 0.25) is 5.02 Å². The Hall–Kier alpha value is -1.86. The van der Waals surface area contributed by atoms with Gasteiger partial charge < -0.3 is 4.74 Å². The van der Waals surface area contributed by atoms with Crippen molar-refractivity contribution in [1.29, 1.82) is 5.26 Å². The minimum absolute atomic E-state index is 0.00313. The van der Waals surface area contributed by atoms with Crippen molar-refractivity contribution in [3.8, 4) is 6.07 Å². The molecule has 0 aliphatic rings.